The first-order valence-corrected chi connectivity index (χ1v) is 4.00. The predicted molar refractivity (Wildman–Crippen MR) is 38.9 cm³/mol. The van der Waals surface area contributed by atoms with Crippen molar-refractivity contribution in [3.05, 3.63) is 12.3 Å². The number of hydrogen-bond acceptors (Lipinski definition) is 3. The first kappa shape index (κ1) is 7.13. The molecule has 1 atom stereocenters. The Balaban J connectivity index is 1.88. The summed E-state index contributed by atoms with van der Waals surface area (Å²) in [6.45, 7) is 1.41. The molecule has 2 aliphatic rings. The molecule has 0 aromatic rings. The maximum absolute atomic E-state index is 5.33. The lowest BCUT2D eigenvalue weighted by Gasteiger charge is -2.23. The van der Waals surface area contributed by atoms with Crippen LogP contribution in [-0.4, -0.2) is 25.6 Å². The van der Waals surface area contributed by atoms with Crippen LogP contribution in [0, 0.1) is 0 Å². The monoisotopic (exact) mass is 156 g/mol. The lowest BCUT2D eigenvalue weighted by molar-refractivity contribution is -0.128. The average Bonchev–Trinajstić information content (AvgIpc) is 2.58. The largest absolute Gasteiger partial charge is 0.493 e. The molecule has 1 saturated heterocycles. The zero-order valence-electron chi connectivity index (χ0n) is 6.36. The van der Waals surface area contributed by atoms with Gasteiger partial charge in [0.25, 0.3) is 0 Å². The molecule has 0 radical (unpaired) electrons. The highest BCUT2D eigenvalue weighted by Gasteiger charge is 2.28. The van der Waals surface area contributed by atoms with Gasteiger partial charge < -0.3 is 14.2 Å². The molecule has 2 aliphatic heterocycles. The van der Waals surface area contributed by atoms with Gasteiger partial charge in [0, 0.05) is 0 Å². The molecule has 2 heterocycles. The van der Waals surface area contributed by atoms with Gasteiger partial charge in [0.2, 0.25) is 0 Å². The fraction of sp³-hybridized carbons (Fsp3) is 0.750. The topological polar surface area (TPSA) is 27.7 Å². The third kappa shape index (κ3) is 1.54. The van der Waals surface area contributed by atoms with Crippen LogP contribution in [0.4, 0.5) is 0 Å². The number of rotatable bonds is 1. The molecule has 0 N–H and O–H groups in total. The van der Waals surface area contributed by atoms with Crippen molar-refractivity contribution >= 4 is 0 Å². The van der Waals surface area contributed by atoms with Crippen molar-refractivity contribution in [1.29, 1.82) is 0 Å². The molecule has 1 fully saturated rings. The minimum absolute atomic E-state index is 0.113. The molecule has 1 unspecified atom stereocenters. The molecule has 0 amide bonds. The zero-order valence-corrected chi connectivity index (χ0v) is 6.36. The zero-order chi connectivity index (χ0) is 7.52. The maximum Gasteiger partial charge on any atom is 0.194 e. The summed E-state index contributed by atoms with van der Waals surface area (Å²) in [6, 6.07) is 0. The Labute approximate surface area is 65.9 Å². The van der Waals surface area contributed by atoms with Gasteiger partial charge in [0.1, 0.15) is 6.10 Å². The van der Waals surface area contributed by atoms with E-state index in [4.69, 9.17) is 14.2 Å². The number of hydrogen-bond donors (Lipinski definition) is 0. The van der Waals surface area contributed by atoms with Crippen LogP contribution in [0.3, 0.4) is 0 Å². The van der Waals surface area contributed by atoms with Crippen LogP contribution >= 0.6 is 0 Å². The predicted octanol–water partition coefficient (Wildman–Crippen LogP) is 1.05. The van der Waals surface area contributed by atoms with Gasteiger partial charge in [-0.3, -0.25) is 0 Å². The van der Waals surface area contributed by atoms with Crippen LogP contribution in [0.5, 0.6) is 0 Å². The summed E-state index contributed by atoms with van der Waals surface area (Å²) >= 11 is 0. The summed E-state index contributed by atoms with van der Waals surface area (Å²) < 4.78 is 16.0. The first-order chi connectivity index (χ1) is 5.47. The Kier molecular flexibility index (Phi) is 2.10. The van der Waals surface area contributed by atoms with E-state index in [2.05, 4.69) is 0 Å². The molecular formula is C8H12O3. The van der Waals surface area contributed by atoms with E-state index in [1.807, 2.05) is 6.08 Å². The normalized spacial score (nSPS) is 32.2. The Bertz CT molecular complexity index is 149. The van der Waals surface area contributed by atoms with Crippen LogP contribution in [0.1, 0.15) is 12.8 Å². The quantitative estimate of drug-likeness (QED) is 0.568. The van der Waals surface area contributed by atoms with E-state index in [9.17, 15) is 0 Å². The first-order valence-electron chi connectivity index (χ1n) is 4.00. The van der Waals surface area contributed by atoms with E-state index in [0.29, 0.717) is 13.2 Å². The molecule has 0 spiro atoms. The minimum atomic E-state index is -0.125. The van der Waals surface area contributed by atoms with Gasteiger partial charge in [-0.2, -0.15) is 0 Å². The van der Waals surface area contributed by atoms with Crippen molar-refractivity contribution in [2.45, 2.75) is 25.2 Å². The fourth-order valence-corrected chi connectivity index (χ4v) is 1.34. The van der Waals surface area contributed by atoms with E-state index in [1.165, 1.54) is 0 Å². The summed E-state index contributed by atoms with van der Waals surface area (Å²) in [5.41, 5.74) is 0. The van der Waals surface area contributed by atoms with Crippen LogP contribution in [0.25, 0.3) is 0 Å². The number of ether oxygens (including phenoxy) is 3. The fourth-order valence-electron chi connectivity index (χ4n) is 1.34. The molecule has 3 nitrogen and oxygen atoms in total. The maximum atomic E-state index is 5.33. The van der Waals surface area contributed by atoms with E-state index in [0.717, 1.165) is 12.8 Å². The molecule has 0 saturated carbocycles. The molecule has 3 heteroatoms. The average molecular weight is 156 g/mol. The molecule has 0 aliphatic carbocycles. The standard InChI is InChI=1S/C8H12O3/c1-2-4-9-7(3-1)8-10-5-6-11-8/h2,4,7-8H,1,3,5-6H2. The molecule has 2 rings (SSSR count). The van der Waals surface area contributed by atoms with Gasteiger partial charge in [0.15, 0.2) is 6.29 Å². The van der Waals surface area contributed by atoms with Crippen molar-refractivity contribution in [3.8, 4) is 0 Å². The van der Waals surface area contributed by atoms with Gasteiger partial charge in [-0.05, 0) is 18.9 Å². The van der Waals surface area contributed by atoms with Gasteiger partial charge in [-0.15, -0.1) is 0 Å². The second-order valence-corrected chi connectivity index (χ2v) is 2.73. The highest BCUT2D eigenvalue weighted by atomic mass is 16.7. The van der Waals surface area contributed by atoms with Crippen molar-refractivity contribution in [2.24, 2.45) is 0 Å². The highest BCUT2D eigenvalue weighted by Crippen LogP contribution is 2.19. The molecule has 0 aromatic carbocycles. The molecule has 62 valence electrons. The molecular weight excluding hydrogens is 144 g/mol. The Morgan fingerprint density at radius 1 is 1.18 bits per heavy atom. The third-order valence-corrected chi connectivity index (χ3v) is 1.92. The Morgan fingerprint density at radius 3 is 2.64 bits per heavy atom. The van der Waals surface area contributed by atoms with E-state index >= 15 is 0 Å². The van der Waals surface area contributed by atoms with Crippen LogP contribution in [0.15, 0.2) is 12.3 Å². The summed E-state index contributed by atoms with van der Waals surface area (Å²) in [5.74, 6) is 0. The summed E-state index contributed by atoms with van der Waals surface area (Å²) in [4.78, 5) is 0. The van der Waals surface area contributed by atoms with Crippen LogP contribution in [0.2, 0.25) is 0 Å². The highest BCUT2D eigenvalue weighted by molar-refractivity contribution is 4.84. The van der Waals surface area contributed by atoms with Gasteiger partial charge in [-0.1, -0.05) is 0 Å². The van der Waals surface area contributed by atoms with Gasteiger partial charge in [-0.25, -0.2) is 0 Å². The summed E-state index contributed by atoms with van der Waals surface area (Å²) in [5, 5.41) is 0. The van der Waals surface area contributed by atoms with Crippen LogP contribution in [-0.2, 0) is 14.2 Å². The summed E-state index contributed by atoms with van der Waals surface area (Å²) in [6.07, 6.45) is 5.81. The second kappa shape index (κ2) is 3.24. The Morgan fingerprint density at radius 2 is 2.00 bits per heavy atom. The van der Waals surface area contributed by atoms with Crippen molar-refractivity contribution in [1.82, 2.24) is 0 Å². The lowest BCUT2D eigenvalue weighted by Crippen LogP contribution is -2.29. The van der Waals surface area contributed by atoms with Crippen molar-refractivity contribution < 1.29 is 14.2 Å². The van der Waals surface area contributed by atoms with Crippen molar-refractivity contribution in [3.63, 3.8) is 0 Å². The van der Waals surface area contributed by atoms with Crippen molar-refractivity contribution in [2.75, 3.05) is 13.2 Å². The minimum Gasteiger partial charge on any atom is -0.493 e. The molecule has 0 bridgehead atoms. The third-order valence-electron chi connectivity index (χ3n) is 1.92. The van der Waals surface area contributed by atoms with Gasteiger partial charge >= 0.3 is 0 Å². The Hall–Kier alpha value is -0.540. The summed E-state index contributed by atoms with van der Waals surface area (Å²) in [7, 11) is 0. The van der Waals surface area contributed by atoms with E-state index < -0.39 is 0 Å². The van der Waals surface area contributed by atoms with Gasteiger partial charge in [0.05, 0.1) is 19.5 Å². The molecule has 0 aromatic heterocycles. The lowest BCUT2D eigenvalue weighted by atomic mass is 10.1. The number of allylic oxidation sites excluding steroid dienone is 1. The van der Waals surface area contributed by atoms with Crippen LogP contribution < -0.4 is 0 Å². The van der Waals surface area contributed by atoms with E-state index in [-0.39, 0.29) is 12.4 Å². The second-order valence-electron chi connectivity index (χ2n) is 2.73. The van der Waals surface area contributed by atoms with E-state index in [1.54, 1.807) is 6.26 Å². The molecule has 11 heavy (non-hydrogen) atoms. The smallest absolute Gasteiger partial charge is 0.194 e. The SMILES string of the molecule is C1=COC(C2OCCO2)CC1.